The lowest BCUT2D eigenvalue weighted by atomic mass is 9.72. The molecule has 0 amide bonds. The smallest absolute Gasteiger partial charge is 0.338 e. The standard InChI is InChI=1S/C40H48O6Si/c1-28-22-23-30(34(41)24-28)25-33-36(38(43)44-6)35(46-37(42)29-16-10-7-11-17-29)26-40(33,5)27-45-47(39(2,3)4,31-18-12-8-13-19-31)32-20-14-9-15-21-32/h7-21,23,28,33,35-36H,22,24-27H2,1-6H3/t28-,33+,35?,36+,40-/m1/s1. The Morgan fingerprint density at radius 2 is 1.45 bits per heavy atom. The minimum Gasteiger partial charge on any atom is -0.469 e. The predicted octanol–water partition coefficient (Wildman–Crippen LogP) is 6.92. The number of hydrogen-bond acceptors (Lipinski definition) is 6. The molecule has 2 aliphatic rings. The average molecular weight is 653 g/mol. The average Bonchev–Trinajstić information content (AvgIpc) is 3.33. The normalized spacial score (nSPS) is 24.8. The zero-order valence-corrected chi connectivity index (χ0v) is 29.5. The van der Waals surface area contributed by atoms with Crippen molar-refractivity contribution >= 4 is 36.4 Å². The molecule has 0 radical (unpaired) electrons. The molecule has 3 aromatic carbocycles. The number of rotatable bonds is 10. The van der Waals surface area contributed by atoms with Gasteiger partial charge in [-0.2, -0.15) is 0 Å². The number of ether oxygens (including phenoxy) is 2. The van der Waals surface area contributed by atoms with E-state index in [1.165, 1.54) is 7.11 Å². The van der Waals surface area contributed by atoms with E-state index in [2.05, 4.69) is 83.1 Å². The van der Waals surface area contributed by atoms with Crippen LogP contribution in [0.3, 0.4) is 0 Å². The summed E-state index contributed by atoms with van der Waals surface area (Å²) in [5.41, 5.74) is 0.537. The van der Waals surface area contributed by atoms with Crippen molar-refractivity contribution < 1.29 is 28.3 Å². The Labute approximate surface area is 280 Å². The van der Waals surface area contributed by atoms with Crippen molar-refractivity contribution in [3.8, 4) is 0 Å². The highest BCUT2D eigenvalue weighted by Gasteiger charge is 2.58. The van der Waals surface area contributed by atoms with Gasteiger partial charge in [-0.25, -0.2) is 4.79 Å². The van der Waals surface area contributed by atoms with Gasteiger partial charge in [0.2, 0.25) is 0 Å². The summed E-state index contributed by atoms with van der Waals surface area (Å²) in [6.45, 7) is 11.2. The molecular weight excluding hydrogens is 605 g/mol. The Kier molecular flexibility index (Phi) is 10.4. The van der Waals surface area contributed by atoms with Crippen molar-refractivity contribution in [3.63, 3.8) is 0 Å². The van der Waals surface area contributed by atoms with Crippen LogP contribution in [0.25, 0.3) is 0 Å². The molecule has 47 heavy (non-hydrogen) atoms. The molecule has 248 valence electrons. The molecule has 1 fully saturated rings. The van der Waals surface area contributed by atoms with Crippen molar-refractivity contribution in [2.24, 2.45) is 23.2 Å². The first-order valence-electron chi connectivity index (χ1n) is 16.7. The van der Waals surface area contributed by atoms with E-state index >= 15 is 0 Å². The molecule has 0 spiro atoms. The van der Waals surface area contributed by atoms with E-state index in [4.69, 9.17) is 13.9 Å². The highest BCUT2D eigenvalue weighted by molar-refractivity contribution is 6.99. The number of ketones is 1. The molecule has 0 N–H and O–H groups in total. The zero-order valence-electron chi connectivity index (χ0n) is 28.5. The SMILES string of the molecule is COC(=O)[C@@H]1C(OC(=O)c2ccccc2)C[C@](C)(CO[Si](c2ccccc2)(c2ccccc2)C(C)(C)C)[C@H]1CC1=CC[C@@H](C)CC1=O. The second-order valence-corrected chi connectivity index (χ2v) is 19.0. The molecule has 2 aliphatic carbocycles. The molecule has 0 saturated heterocycles. The van der Waals surface area contributed by atoms with Crippen molar-refractivity contribution in [1.82, 2.24) is 0 Å². The Balaban J connectivity index is 1.58. The first-order chi connectivity index (χ1) is 22.4. The van der Waals surface area contributed by atoms with Crippen LogP contribution in [0, 0.1) is 23.2 Å². The summed E-state index contributed by atoms with van der Waals surface area (Å²) < 4.78 is 19.0. The van der Waals surface area contributed by atoms with Gasteiger partial charge in [0, 0.05) is 13.0 Å². The second-order valence-electron chi connectivity index (χ2n) is 14.7. The third-order valence-electron chi connectivity index (χ3n) is 10.3. The monoisotopic (exact) mass is 652 g/mol. The van der Waals surface area contributed by atoms with E-state index in [0.717, 1.165) is 22.4 Å². The second kappa shape index (κ2) is 14.1. The predicted molar refractivity (Wildman–Crippen MR) is 187 cm³/mol. The summed E-state index contributed by atoms with van der Waals surface area (Å²) in [5, 5.41) is 2.07. The Morgan fingerprint density at radius 3 is 1.96 bits per heavy atom. The van der Waals surface area contributed by atoms with Crippen LogP contribution in [0.5, 0.6) is 0 Å². The largest absolute Gasteiger partial charge is 0.469 e. The molecule has 1 unspecified atom stereocenters. The van der Waals surface area contributed by atoms with E-state index in [1.807, 2.05) is 24.3 Å². The number of carbonyl (C=O) groups is 3. The molecule has 1 saturated carbocycles. The minimum atomic E-state index is -2.94. The van der Waals surface area contributed by atoms with Gasteiger partial charge in [-0.15, -0.1) is 0 Å². The number of hydrogen-bond donors (Lipinski definition) is 0. The third-order valence-corrected chi connectivity index (χ3v) is 15.3. The third kappa shape index (κ3) is 7.07. The van der Waals surface area contributed by atoms with Crippen LogP contribution in [0.1, 0.15) is 70.7 Å². The maximum Gasteiger partial charge on any atom is 0.338 e. The fourth-order valence-electron chi connectivity index (χ4n) is 7.77. The summed E-state index contributed by atoms with van der Waals surface area (Å²) in [6.07, 6.45) is 3.39. The first kappa shape index (κ1) is 34.5. The number of Topliss-reactive ketones (excluding diaryl/α,β-unsaturated/α-hetero) is 1. The van der Waals surface area contributed by atoms with Crippen LogP contribution in [0.15, 0.2) is 103 Å². The van der Waals surface area contributed by atoms with Gasteiger partial charge < -0.3 is 13.9 Å². The number of methoxy groups -OCH3 is 1. The maximum atomic E-state index is 13.7. The summed E-state index contributed by atoms with van der Waals surface area (Å²) in [4.78, 5) is 40.4. The summed E-state index contributed by atoms with van der Waals surface area (Å²) in [6, 6.07) is 29.8. The van der Waals surface area contributed by atoms with Crippen LogP contribution in [-0.4, -0.2) is 45.9 Å². The van der Waals surface area contributed by atoms with Gasteiger partial charge in [0.1, 0.15) is 6.10 Å². The fraction of sp³-hybridized carbons (Fsp3) is 0.425. The van der Waals surface area contributed by atoms with Gasteiger partial charge >= 0.3 is 11.9 Å². The fourth-order valence-corrected chi connectivity index (χ4v) is 12.5. The van der Waals surface area contributed by atoms with Crippen molar-refractivity contribution in [2.45, 2.75) is 71.4 Å². The van der Waals surface area contributed by atoms with E-state index in [1.54, 1.807) is 24.3 Å². The van der Waals surface area contributed by atoms with Crippen molar-refractivity contribution in [3.05, 3.63) is 108 Å². The number of esters is 2. The van der Waals surface area contributed by atoms with Gasteiger partial charge in [0.15, 0.2) is 5.78 Å². The molecular formula is C40H48O6Si. The first-order valence-corrected chi connectivity index (χ1v) is 18.6. The molecule has 5 atom stereocenters. The molecule has 0 aliphatic heterocycles. The Morgan fingerprint density at radius 1 is 0.894 bits per heavy atom. The Bertz CT molecular complexity index is 1540. The Hall–Kier alpha value is -3.81. The zero-order chi connectivity index (χ0) is 33.8. The summed E-state index contributed by atoms with van der Waals surface area (Å²) in [7, 11) is -1.57. The molecule has 7 heteroatoms. The van der Waals surface area contributed by atoms with Gasteiger partial charge in [-0.3, -0.25) is 9.59 Å². The lowest BCUT2D eigenvalue weighted by molar-refractivity contribution is -0.151. The van der Waals surface area contributed by atoms with Crippen molar-refractivity contribution in [2.75, 3.05) is 13.7 Å². The number of carbonyl (C=O) groups excluding carboxylic acids is 3. The molecule has 0 aromatic heterocycles. The lowest BCUT2D eigenvalue weighted by Crippen LogP contribution is -2.67. The highest BCUT2D eigenvalue weighted by atomic mass is 28.4. The molecule has 5 rings (SSSR count). The van der Waals surface area contributed by atoms with E-state index in [-0.39, 0.29) is 22.7 Å². The lowest BCUT2D eigenvalue weighted by Gasteiger charge is -2.45. The molecule has 3 aromatic rings. The van der Waals surface area contributed by atoms with E-state index < -0.39 is 37.7 Å². The van der Waals surface area contributed by atoms with Gasteiger partial charge in [-0.05, 0) is 69.6 Å². The molecule has 0 heterocycles. The summed E-state index contributed by atoms with van der Waals surface area (Å²) in [5.74, 6) is -1.63. The minimum absolute atomic E-state index is 0.118. The molecule has 0 bridgehead atoms. The van der Waals surface area contributed by atoms with Gasteiger partial charge in [0.05, 0.1) is 18.6 Å². The van der Waals surface area contributed by atoms with Crippen LogP contribution in [0.2, 0.25) is 5.04 Å². The maximum absolute atomic E-state index is 13.7. The number of allylic oxidation sites excluding steroid dienone is 2. The van der Waals surface area contributed by atoms with E-state index in [0.29, 0.717) is 31.4 Å². The van der Waals surface area contributed by atoms with Crippen LogP contribution in [0.4, 0.5) is 0 Å². The van der Waals surface area contributed by atoms with Crippen molar-refractivity contribution in [1.29, 1.82) is 0 Å². The van der Waals surface area contributed by atoms with Gasteiger partial charge in [-0.1, -0.05) is 120 Å². The summed E-state index contributed by atoms with van der Waals surface area (Å²) >= 11 is 0. The topological polar surface area (TPSA) is 78.9 Å². The number of benzene rings is 3. The molecule has 6 nitrogen and oxygen atoms in total. The quantitative estimate of drug-likeness (QED) is 0.175. The van der Waals surface area contributed by atoms with Crippen LogP contribution in [-0.2, 0) is 23.5 Å². The van der Waals surface area contributed by atoms with Crippen LogP contribution < -0.4 is 10.4 Å². The highest BCUT2D eigenvalue weighted by Crippen LogP contribution is 2.53. The van der Waals surface area contributed by atoms with E-state index in [9.17, 15) is 14.4 Å². The van der Waals surface area contributed by atoms with Gasteiger partial charge in [0.25, 0.3) is 8.32 Å². The van der Waals surface area contributed by atoms with Crippen LogP contribution >= 0.6 is 0 Å².